The van der Waals surface area contributed by atoms with Crippen molar-refractivity contribution in [3.63, 3.8) is 0 Å². The molecule has 0 heterocycles. The molecule has 3 N–H and O–H groups in total. The number of nitrogens with zero attached hydrogens (tertiary/aromatic N) is 1. The van der Waals surface area contributed by atoms with Crippen molar-refractivity contribution in [2.24, 2.45) is 5.73 Å². The molecule has 3 aromatic rings. The van der Waals surface area contributed by atoms with Gasteiger partial charge in [0.15, 0.2) is 0 Å². The molecule has 3 rings (SSSR count). The van der Waals surface area contributed by atoms with Crippen LogP contribution in [-0.2, 0) is 17.8 Å². The third-order valence-corrected chi connectivity index (χ3v) is 5.10. The van der Waals surface area contributed by atoms with Crippen molar-refractivity contribution in [1.29, 1.82) is 0 Å². The lowest BCUT2D eigenvalue weighted by atomic mass is 10.1. The Bertz CT molecular complexity index is 1090. The van der Waals surface area contributed by atoms with Crippen molar-refractivity contribution < 1.29 is 18.7 Å². The molecule has 2 amide bonds. The average molecular weight is 450 g/mol. The van der Waals surface area contributed by atoms with Gasteiger partial charge in [-0.1, -0.05) is 30.3 Å². The summed E-state index contributed by atoms with van der Waals surface area (Å²) in [4.78, 5) is 27.1. The molecule has 0 aliphatic rings. The smallest absolute Gasteiger partial charge is 0.254 e. The Labute approximate surface area is 193 Å². The maximum atomic E-state index is 13.6. The van der Waals surface area contributed by atoms with Crippen LogP contribution >= 0.6 is 0 Å². The lowest BCUT2D eigenvalue weighted by molar-refractivity contribution is -0.115. The van der Waals surface area contributed by atoms with E-state index in [9.17, 15) is 14.0 Å². The molecule has 0 atom stereocenters. The van der Waals surface area contributed by atoms with Gasteiger partial charge in [0.25, 0.3) is 5.91 Å². The second kappa shape index (κ2) is 11.8. The van der Waals surface area contributed by atoms with Crippen LogP contribution in [0.3, 0.4) is 0 Å². The van der Waals surface area contributed by atoms with Crippen LogP contribution in [0.25, 0.3) is 0 Å². The number of hydrogen-bond donors (Lipinski definition) is 2. The first-order valence-electron chi connectivity index (χ1n) is 10.7. The van der Waals surface area contributed by atoms with Crippen molar-refractivity contribution in [1.82, 2.24) is 4.90 Å². The molecule has 0 fully saturated rings. The van der Waals surface area contributed by atoms with Gasteiger partial charge in [0.2, 0.25) is 5.91 Å². The number of carbonyl (C=O) groups is 2. The maximum Gasteiger partial charge on any atom is 0.254 e. The molecule has 0 saturated carbocycles. The van der Waals surface area contributed by atoms with Gasteiger partial charge in [-0.15, -0.1) is 0 Å². The lowest BCUT2D eigenvalue weighted by Gasteiger charge is -2.23. The van der Waals surface area contributed by atoms with Gasteiger partial charge >= 0.3 is 0 Å². The summed E-state index contributed by atoms with van der Waals surface area (Å²) in [5, 5.41) is 2.90. The van der Waals surface area contributed by atoms with E-state index in [1.165, 1.54) is 18.2 Å². The van der Waals surface area contributed by atoms with E-state index in [1.54, 1.807) is 24.1 Å². The number of benzene rings is 3. The summed E-state index contributed by atoms with van der Waals surface area (Å²) >= 11 is 0. The fraction of sp³-hybridized carbons (Fsp3) is 0.231. The van der Waals surface area contributed by atoms with E-state index < -0.39 is 5.82 Å². The normalized spacial score (nSPS) is 10.5. The van der Waals surface area contributed by atoms with Crippen LogP contribution in [0.4, 0.5) is 10.1 Å². The minimum absolute atomic E-state index is 0.145. The summed E-state index contributed by atoms with van der Waals surface area (Å²) in [5.41, 5.74) is 8.29. The summed E-state index contributed by atoms with van der Waals surface area (Å²) < 4.78 is 18.7. The zero-order valence-electron chi connectivity index (χ0n) is 18.6. The first kappa shape index (κ1) is 23.9. The molecule has 0 aromatic heterocycles. The zero-order chi connectivity index (χ0) is 23.6. The molecule has 0 saturated heterocycles. The van der Waals surface area contributed by atoms with Crippen LogP contribution in [-0.4, -0.2) is 36.9 Å². The van der Waals surface area contributed by atoms with E-state index in [4.69, 9.17) is 10.5 Å². The number of carbonyl (C=O) groups excluding carboxylic acids is 2. The highest BCUT2D eigenvalue weighted by Gasteiger charge is 2.17. The second-order valence-corrected chi connectivity index (χ2v) is 7.65. The number of nitrogens with one attached hydrogen (secondary N) is 1. The Kier molecular flexibility index (Phi) is 8.55. The Morgan fingerprint density at radius 2 is 1.76 bits per heavy atom. The van der Waals surface area contributed by atoms with Crippen LogP contribution in [0, 0.1) is 5.82 Å². The maximum absolute atomic E-state index is 13.6. The molecule has 172 valence electrons. The number of methoxy groups -OCH3 is 1. The predicted octanol–water partition coefficient (Wildman–Crippen LogP) is 4.01. The largest absolute Gasteiger partial charge is 0.497 e. The third-order valence-electron chi connectivity index (χ3n) is 5.10. The molecule has 0 spiro atoms. The third kappa shape index (κ3) is 7.15. The summed E-state index contributed by atoms with van der Waals surface area (Å²) in [6, 6.07) is 20.3. The van der Waals surface area contributed by atoms with Crippen molar-refractivity contribution >= 4 is 17.5 Å². The Morgan fingerprint density at radius 3 is 2.45 bits per heavy atom. The van der Waals surface area contributed by atoms with E-state index in [1.807, 2.05) is 42.5 Å². The topological polar surface area (TPSA) is 84.7 Å². The monoisotopic (exact) mass is 449 g/mol. The van der Waals surface area contributed by atoms with Gasteiger partial charge < -0.3 is 20.7 Å². The highest BCUT2D eigenvalue weighted by atomic mass is 19.1. The number of nitrogens with two attached hydrogens (primary N) is 1. The number of ether oxygens (including phenoxy) is 1. The molecular weight excluding hydrogens is 421 g/mol. The molecule has 0 unspecified atom stereocenters. The van der Waals surface area contributed by atoms with Gasteiger partial charge in [0.1, 0.15) is 11.6 Å². The zero-order valence-corrected chi connectivity index (χ0v) is 18.6. The quantitative estimate of drug-likeness (QED) is 0.490. The molecule has 33 heavy (non-hydrogen) atoms. The van der Waals surface area contributed by atoms with Gasteiger partial charge in [0.05, 0.1) is 13.5 Å². The van der Waals surface area contributed by atoms with Crippen LogP contribution in [0.15, 0.2) is 72.8 Å². The molecule has 0 aliphatic carbocycles. The number of anilines is 1. The summed E-state index contributed by atoms with van der Waals surface area (Å²) in [7, 11) is 1.59. The summed E-state index contributed by atoms with van der Waals surface area (Å²) in [6.07, 6.45) is 0.855. The van der Waals surface area contributed by atoms with Crippen molar-refractivity contribution in [3.05, 3.63) is 95.3 Å². The Balaban J connectivity index is 1.67. The average Bonchev–Trinajstić information content (AvgIpc) is 2.82. The van der Waals surface area contributed by atoms with Crippen molar-refractivity contribution in [2.75, 3.05) is 25.5 Å². The number of hydrogen-bond acceptors (Lipinski definition) is 4. The predicted molar refractivity (Wildman–Crippen MR) is 127 cm³/mol. The first-order chi connectivity index (χ1) is 16.0. The molecule has 7 heteroatoms. The molecule has 3 aromatic carbocycles. The number of halogens is 1. The second-order valence-electron chi connectivity index (χ2n) is 7.65. The van der Waals surface area contributed by atoms with Crippen molar-refractivity contribution in [3.8, 4) is 5.75 Å². The van der Waals surface area contributed by atoms with E-state index in [-0.39, 0.29) is 23.8 Å². The Hall–Kier alpha value is -3.71. The summed E-state index contributed by atoms with van der Waals surface area (Å²) in [5.74, 6) is -0.134. The fourth-order valence-corrected chi connectivity index (χ4v) is 3.44. The van der Waals surface area contributed by atoms with Gasteiger partial charge in [-0.2, -0.15) is 0 Å². The molecule has 0 bridgehead atoms. The van der Waals surface area contributed by atoms with E-state index in [2.05, 4.69) is 5.32 Å². The van der Waals surface area contributed by atoms with Gasteiger partial charge in [-0.3, -0.25) is 9.59 Å². The van der Waals surface area contributed by atoms with Crippen LogP contribution in [0.1, 0.15) is 27.9 Å². The first-order valence-corrected chi connectivity index (χ1v) is 10.7. The fourth-order valence-electron chi connectivity index (χ4n) is 3.44. The molecule has 6 nitrogen and oxygen atoms in total. The van der Waals surface area contributed by atoms with Crippen molar-refractivity contribution in [2.45, 2.75) is 19.4 Å². The highest BCUT2D eigenvalue weighted by molar-refractivity contribution is 5.94. The lowest BCUT2D eigenvalue weighted by Crippen LogP contribution is -2.32. The van der Waals surface area contributed by atoms with Crippen LogP contribution < -0.4 is 15.8 Å². The van der Waals surface area contributed by atoms with E-state index in [0.717, 1.165) is 16.9 Å². The van der Waals surface area contributed by atoms with Gasteiger partial charge in [-0.05, 0) is 66.6 Å². The van der Waals surface area contributed by atoms with Crippen LogP contribution in [0.5, 0.6) is 5.75 Å². The van der Waals surface area contributed by atoms with Gasteiger partial charge in [-0.25, -0.2) is 4.39 Å². The molecule has 0 aliphatic heterocycles. The number of amides is 2. The minimum atomic E-state index is -0.457. The Morgan fingerprint density at radius 1 is 1.00 bits per heavy atom. The standard InChI is InChI=1S/C26H28FN3O3/c1-33-24-11-9-19(10-12-24)16-25(31)29-23-8-2-5-20(15-23)18-30(14-4-13-28)26(32)21-6-3-7-22(27)17-21/h2-3,5-12,15,17H,4,13-14,16,18,28H2,1H3,(H,29,31). The van der Waals surface area contributed by atoms with Crippen LogP contribution in [0.2, 0.25) is 0 Å². The minimum Gasteiger partial charge on any atom is -0.497 e. The molecular formula is C26H28FN3O3. The summed E-state index contributed by atoms with van der Waals surface area (Å²) in [6.45, 7) is 1.20. The van der Waals surface area contributed by atoms with Gasteiger partial charge in [0, 0.05) is 24.3 Å². The highest BCUT2D eigenvalue weighted by Crippen LogP contribution is 2.17. The van der Waals surface area contributed by atoms with E-state index >= 15 is 0 Å². The number of rotatable bonds is 10. The SMILES string of the molecule is COc1ccc(CC(=O)Nc2cccc(CN(CCCN)C(=O)c3cccc(F)c3)c2)cc1. The molecule has 0 radical (unpaired) electrons. The van der Waals surface area contributed by atoms with E-state index in [0.29, 0.717) is 31.7 Å².